The molecule has 0 unspecified atom stereocenters. The summed E-state index contributed by atoms with van der Waals surface area (Å²) in [6.07, 6.45) is 4.10. The van der Waals surface area contributed by atoms with Gasteiger partial charge in [0, 0.05) is 11.4 Å². The van der Waals surface area contributed by atoms with Crippen molar-refractivity contribution in [1.82, 2.24) is 0 Å². The smallest absolute Gasteiger partial charge is 0.698 e. The fraction of sp³-hybridized carbons (Fsp3) is 0.379. The van der Waals surface area contributed by atoms with Crippen LogP contribution in [0.3, 0.4) is 0 Å². The topological polar surface area (TPSA) is 76.7 Å². The van der Waals surface area contributed by atoms with E-state index in [-0.39, 0.29) is 40.4 Å². The minimum absolute atomic E-state index is 0. The summed E-state index contributed by atoms with van der Waals surface area (Å²) < 4.78 is 0. The van der Waals surface area contributed by atoms with Gasteiger partial charge in [-0.3, -0.25) is 9.98 Å². The Hall–Kier alpha value is -4.34. The quantitative estimate of drug-likeness (QED) is 0.0994. The van der Waals surface area contributed by atoms with E-state index in [2.05, 4.69) is 148 Å². The number of benzene rings is 5. The van der Waals surface area contributed by atoms with Crippen LogP contribution in [0, 0.1) is 40.4 Å². The molecule has 0 bridgehead atoms. The monoisotopic (exact) mass is 995 g/mol. The molecular formula is C58H76N5Sm. The van der Waals surface area contributed by atoms with Crippen LogP contribution >= 0.6 is 0 Å². The third-order valence-corrected chi connectivity index (χ3v) is 10.6. The molecule has 5 nitrogen and oxygen atoms in total. The number of nitrogens with one attached hydrogen (secondary N) is 1. The third kappa shape index (κ3) is 17.9. The number of rotatable bonds is 14. The van der Waals surface area contributed by atoms with Crippen LogP contribution in [0.25, 0.3) is 16.4 Å². The summed E-state index contributed by atoms with van der Waals surface area (Å²) in [6.45, 7) is 34.4. The maximum atomic E-state index is 8.01. The fourth-order valence-corrected chi connectivity index (χ4v) is 7.33. The molecule has 5 aromatic rings. The van der Waals surface area contributed by atoms with Crippen LogP contribution in [0.15, 0.2) is 149 Å². The first-order chi connectivity index (χ1) is 29.8. The van der Waals surface area contributed by atoms with Crippen molar-refractivity contribution >= 4 is 39.9 Å². The second-order valence-corrected chi connectivity index (χ2v) is 18.3. The van der Waals surface area contributed by atoms with Crippen molar-refractivity contribution < 1.29 is 40.4 Å². The van der Waals surface area contributed by atoms with Gasteiger partial charge in [-0.25, -0.2) is 0 Å². The van der Waals surface area contributed by atoms with Gasteiger partial charge < -0.3 is 16.4 Å². The molecule has 0 aliphatic carbocycles. The molecule has 5 rings (SSSR count). The van der Waals surface area contributed by atoms with Crippen molar-refractivity contribution in [2.24, 2.45) is 9.98 Å². The molecule has 6 heteroatoms. The predicted molar refractivity (Wildman–Crippen MR) is 280 cm³/mol. The van der Waals surface area contributed by atoms with Crippen LogP contribution in [-0.2, 0) is 0 Å². The molecule has 0 aliphatic heterocycles. The van der Waals surface area contributed by atoms with E-state index in [1.54, 1.807) is 0 Å². The van der Waals surface area contributed by atoms with Crippen molar-refractivity contribution in [2.45, 2.75) is 146 Å². The van der Waals surface area contributed by atoms with Crippen molar-refractivity contribution in [1.29, 1.82) is 0 Å². The Morgan fingerprint density at radius 2 is 0.641 bits per heavy atom. The average molecular weight is 994 g/mol. The molecule has 0 aromatic heterocycles. The van der Waals surface area contributed by atoms with Crippen molar-refractivity contribution in [2.75, 3.05) is 0 Å². The van der Waals surface area contributed by atoms with Gasteiger partial charge in [-0.05, 0) is 71.6 Å². The average Bonchev–Trinajstić information content (AvgIpc) is 3.21. The van der Waals surface area contributed by atoms with E-state index in [0.717, 1.165) is 62.4 Å². The second kappa shape index (κ2) is 27.9. The fourth-order valence-electron chi connectivity index (χ4n) is 7.33. The standard InChI is InChI=1S/2C23H29N2.C12H18N.Sm/c2*1-16(2)21-13-10-14-22(17(3)4)23(21)25-19(6)15-18(5)24-20-11-8-7-9-12-20;1-8(2)10-6-5-7-11(9(3)4)12(10)13;/h2*7-17H,1-6H3;5-9,13H,1-4H3;/q3*-1;+3/b2*18-15-,25-19?;;. The van der Waals surface area contributed by atoms with Crippen LogP contribution < -0.4 is 0 Å². The molecule has 64 heavy (non-hydrogen) atoms. The Morgan fingerprint density at radius 1 is 0.391 bits per heavy atom. The zero-order chi connectivity index (χ0) is 46.8. The van der Waals surface area contributed by atoms with Crippen LogP contribution in [-0.4, -0.2) is 11.4 Å². The number of allylic oxidation sites excluding steroid dienone is 4. The molecule has 0 fully saturated rings. The Kier molecular flexibility index (Phi) is 24.3. The van der Waals surface area contributed by atoms with Gasteiger partial charge in [0.15, 0.2) is 0 Å². The predicted octanol–water partition coefficient (Wildman–Crippen LogP) is 19.9. The Balaban J connectivity index is 0.000000344. The van der Waals surface area contributed by atoms with E-state index in [0.29, 0.717) is 35.5 Å². The molecule has 5 aromatic carbocycles. The van der Waals surface area contributed by atoms with Gasteiger partial charge in [-0.1, -0.05) is 235 Å². The largest absolute Gasteiger partial charge is 3.00 e. The Morgan fingerprint density at radius 3 is 0.891 bits per heavy atom. The number of para-hydroxylation sites is 4. The summed E-state index contributed by atoms with van der Waals surface area (Å²) in [6, 6.07) is 39.2. The van der Waals surface area contributed by atoms with E-state index in [1.165, 1.54) is 22.3 Å². The number of hydrogen-bond donors (Lipinski definition) is 0. The SMILES string of the molecule is CC(/C=C(/C)[N-]c1ccccc1)=Nc1c(C(C)C)cccc1C(C)C.CC(/C=C(/C)[N-]c1ccccc1)=Nc1c(C(C)C)cccc1C(C)C.CC(C)c1cccc(C(C)C)c1[NH-].[Sm+3]. The minimum Gasteiger partial charge on any atom is -0.698 e. The van der Waals surface area contributed by atoms with Crippen LogP contribution in [0.4, 0.5) is 28.4 Å². The molecule has 0 heterocycles. The van der Waals surface area contributed by atoms with Gasteiger partial charge in [0.25, 0.3) is 0 Å². The van der Waals surface area contributed by atoms with E-state index in [9.17, 15) is 0 Å². The number of hydrogen-bond acceptors (Lipinski definition) is 2. The van der Waals surface area contributed by atoms with Gasteiger partial charge in [-0.15, -0.1) is 17.1 Å². The van der Waals surface area contributed by atoms with Gasteiger partial charge in [0.1, 0.15) is 0 Å². The first-order valence-electron chi connectivity index (χ1n) is 22.9. The third-order valence-electron chi connectivity index (χ3n) is 10.6. The summed E-state index contributed by atoms with van der Waals surface area (Å²) in [5.41, 5.74) is 24.3. The molecule has 1 radical (unpaired) electrons. The summed E-state index contributed by atoms with van der Waals surface area (Å²) in [5, 5.41) is 9.27. The van der Waals surface area contributed by atoms with Crippen LogP contribution in [0.2, 0.25) is 0 Å². The van der Waals surface area contributed by atoms with Gasteiger partial charge in [0.05, 0.1) is 11.4 Å². The maximum Gasteiger partial charge on any atom is 3.00 e. The van der Waals surface area contributed by atoms with Crippen molar-refractivity contribution in [3.8, 4) is 0 Å². The second-order valence-electron chi connectivity index (χ2n) is 18.3. The van der Waals surface area contributed by atoms with Gasteiger partial charge in [0.2, 0.25) is 0 Å². The molecule has 0 saturated carbocycles. The van der Waals surface area contributed by atoms with Crippen molar-refractivity contribution in [3.63, 3.8) is 0 Å². The number of aliphatic imine (C=N–C) groups is 2. The minimum atomic E-state index is 0. The van der Waals surface area contributed by atoms with Crippen LogP contribution in [0.1, 0.15) is 180 Å². The number of nitrogens with zero attached hydrogens (tertiary/aromatic N) is 4. The maximum absolute atomic E-state index is 8.01. The van der Waals surface area contributed by atoms with E-state index < -0.39 is 0 Å². The first kappa shape index (κ1) is 55.8. The molecule has 339 valence electrons. The Labute approximate surface area is 421 Å². The van der Waals surface area contributed by atoms with Crippen LogP contribution in [0.5, 0.6) is 0 Å². The van der Waals surface area contributed by atoms with E-state index >= 15 is 0 Å². The molecule has 0 spiro atoms. The Bertz CT molecular complexity index is 2080. The molecule has 0 aliphatic rings. The summed E-state index contributed by atoms with van der Waals surface area (Å²) in [7, 11) is 0. The first-order valence-corrected chi connectivity index (χ1v) is 22.9. The van der Waals surface area contributed by atoms with E-state index in [4.69, 9.17) is 15.7 Å². The zero-order valence-electron chi connectivity index (χ0n) is 41.8. The van der Waals surface area contributed by atoms with E-state index in [1.807, 2.05) is 101 Å². The molecular weight excluding hydrogens is 917 g/mol. The zero-order valence-corrected chi connectivity index (χ0v) is 44.4. The normalized spacial score (nSPS) is 12.3. The molecule has 0 amide bonds. The molecule has 1 N–H and O–H groups in total. The molecule has 0 atom stereocenters. The van der Waals surface area contributed by atoms with Gasteiger partial charge >= 0.3 is 40.4 Å². The van der Waals surface area contributed by atoms with Gasteiger partial charge in [-0.2, -0.15) is 11.4 Å². The summed E-state index contributed by atoms with van der Waals surface area (Å²) in [4.78, 5) is 9.93. The molecule has 0 saturated heterocycles. The van der Waals surface area contributed by atoms with Crippen molar-refractivity contribution in [3.05, 3.63) is 189 Å². The summed E-state index contributed by atoms with van der Waals surface area (Å²) in [5.74, 6) is 2.69. The summed E-state index contributed by atoms with van der Waals surface area (Å²) >= 11 is 0.